The van der Waals surface area contributed by atoms with Crippen molar-refractivity contribution >= 4 is 11.5 Å². The molecule has 0 saturated heterocycles. The minimum atomic E-state index is -4.44. The summed E-state index contributed by atoms with van der Waals surface area (Å²) in [6, 6.07) is 4.46. The Morgan fingerprint density at radius 3 is 2.53 bits per heavy atom. The minimum Gasteiger partial charge on any atom is -0.382 e. The Bertz CT molecular complexity index is 555. The molecular weight excluding hydrogens is 257 g/mol. The zero-order valence-corrected chi connectivity index (χ0v) is 9.78. The zero-order chi connectivity index (χ0) is 13.9. The molecule has 0 amide bonds. The molecule has 2 heterocycles. The summed E-state index contributed by atoms with van der Waals surface area (Å²) in [7, 11) is 0. The van der Waals surface area contributed by atoms with Gasteiger partial charge in [0.05, 0.1) is 11.3 Å². The second kappa shape index (κ2) is 5.13. The molecule has 2 aromatic heterocycles. The molecule has 100 valence electrons. The van der Waals surface area contributed by atoms with E-state index in [1.165, 1.54) is 0 Å². The molecule has 0 aromatic carbocycles. The van der Waals surface area contributed by atoms with E-state index in [4.69, 9.17) is 5.73 Å². The quantitative estimate of drug-likeness (QED) is 0.898. The van der Waals surface area contributed by atoms with Crippen LogP contribution < -0.4 is 11.1 Å². The highest BCUT2D eigenvalue weighted by Crippen LogP contribution is 2.31. The van der Waals surface area contributed by atoms with Gasteiger partial charge < -0.3 is 11.1 Å². The molecule has 0 aliphatic carbocycles. The summed E-state index contributed by atoms with van der Waals surface area (Å²) in [4.78, 5) is 7.39. The number of anilines is 2. The molecule has 0 unspecified atom stereocenters. The summed E-state index contributed by atoms with van der Waals surface area (Å²) in [5, 5.41) is 2.83. The largest absolute Gasteiger partial charge is 0.417 e. The predicted molar refractivity (Wildman–Crippen MR) is 65.2 cm³/mol. The smallest absolute Gasteiger partial charge is 0.382 e. The highest BCUT2D eigenvalue weighted by Gasteiger charge is 2.31. The lowest BCUT2D eigenvalue weighted by atomic mass is 10.2. The van der Waals surface area contributed by atoms with E-state index in [1.807, 2.05) is 0 Å². The summed E-state index contributed by atoms with van der Waals surface area (Å²) >= 11 is 0. The van der Waals surface area contributed by atoms with Crippen LogP contribution in [0.2, 0.25) is 0 Å². The van der Waals surface area contributed by atoms with Gasteiger partial charge >= 0.3 is 6.18 Å². The van der Waals surface area contributed by atoms with Gasteiger partial charge in [0, 0.05) is 25.1 Å². The van der Waals surface area contributed by atoms with Crippen molar-refractivity contribution in [2.45, 2.75) is 12.7 Å². The van der Waals surface area contributed by atoms with Crippen molar-refractivity contribution in [3.05, 3.63) is 47.9 Å². The molecule has 2 rings (SSSR count). The number of pyridine rings is 2. The minimum absolute atomic E-state index is 0.0297. The van der Waals surface area contributed by atoms with Crippen molar-refractivity contribution in [1.29, 1.82) is 0 Å². The molecule has 0 radical (unpaired) electrons. The Balaban J connectivity index is 2.16. The van der Waals surface area contributed by atoms with Crippen LogP contribution in [0.15, 0.2) is 36.8 Å². The number of hydrogen-bond donors (Lipinski definition) is 2. The van der Waals surface area contributed by atoms with Crippen LogP contribution >= 0.6 is 0 Å². The highest BCUT2D eigenvalue weighted by molar-refractivity contribution is 5.62. The van der Waals surface area contributed by atoms with Crippen molar-refractivity contribution in [3.8, 4) is 0 Å². The van der Waals surface area contributed by atoms with Crippen LogP contribution in [0.4, 0.5) is 24.7 Å². The number of rotatable bonds is 3. The lowest BCUT2D eigenvalue weighted by Gasteiger charge is -2.12. The van der Waals surface area contributed by atoms with Gasteiger partial charge in [0.15, 0.2) is 0 Å². The molecule has 0 fully saturated rings. The van der Waals surface area contributed by atoms with Gasteiger partial charge in [0.25, 0.3) is 0 Å². The summed E-state index contributed by atoms with van der Waals surface area (Å²) in [6.45, 7) is 0.343. The van der Waals surface area contributed by atoms with E-state index in [-0.39, 0.29) is 11.5 Å². The Morgan fingerprint density at radius 2 is 1.89 bits per heavy atom. The van der Waals surface area contributed by atoms with Crippen molar-refractivity contribution in [2.75, 3.05) is 11.1 Å². The SMILES string of the molecule is Nc1ncc(C(F)(F)F)cc1NCc1ccncc1. The number of hydrogen-bond acceptors (Lipinski definition) is 4. The average molecular weight is 268 g/mol. The van der Waals surface area contributed by atoms with E-state index in [2.05, 4.69) is 15.3 Å². The van der Waals surface area contributed by atoms with Crippen molar-refractivity contribution in [1.82, 2.24) is 9.97 Å². The first-order valence-corrected chi connectivity index (χ1v) is 5.42. The lowest BCUT2D eigenvalue weighted by molar-refractivity contribution is -0.137. The number of nitrogens with one attached hydrogen (secondary N) is 1. The number of nitrogens with two attached hydrogens (primary N) is 1. The fourth-order valence-corrected chi connectivity index (χ4v) is 1.47. The zero-order valence-electron chi connectivity index (χ0n) is 9.78. The molecule has 0 atom stereocenters. The normalized spacial score (nSPS) is 11.3. The van der Waals surface area contributed by atoms with Crippen LogP contribution in [-0.2, 0) is 12.7 Å². The first kappa shape index (κ1) is 13.1. The predicted octanol–water partition coefficient (Wildman–Crippen LogP) is 2.69. The third kappa shape index (κ3) is 3.34. The molecule has 4 nitrogen and oxygen atoms in total. The average Bonchev–Trinajstić information content (AvgIpc) is 2.37. The highest BCUT2D eigenvalue weighted by atomic mass is 19.4. The van der Waals surface area contributed by atoms with Gasteiger partial charge in [-0.05, 0) is 23.8 Å². The van der Waals surface area contributed by atoms with Gasteiger partial charge in [-0.15, -0.1) is 0 Å². The molecule has 0 bridgehead atoms. The van der Waals surface area contributed by atoms with E-state index in [0.717, 1.165) is 11.6 Å². The Labute approximate surface area is 107 Å². The fourth-order valence-electron chi connectivity index (χ4n) is 1.47. The first-order chi connectivity index (χ1) is 8.97. The van der Waals surface area contributed by atoms with Gasteiger partial charge in [-0.3, -0.25) is 4.98 Å². The van der Waals surface area contributed by atoms with Crippen LogP contribution in [0, 0.1) is 0 Å². The fraction of sp³-hybridized carbons (Fsp3) is 0.167. The standard InChI is InChI=1S/C12H11F3N4/c13-12(14,15)9-5-10(11(16)19-7-9)18-6-8-1-3-17-4-2-8/h1-5,7,18H,6H2,(H2,16,19). The van der Waals surface area contributed by atoms with E-state index < -0.39 is 11.7 Å². The van der Waals surface area contributed by atoms with Crippen molar-refractivity contribution < 1.29 is 13.2 Å². The molecule has 3 N–H and O–H groups in total. The molecule has 7 heteroatoms. The Hall–Kier alpha value is -2.31. The van der Waals surface area contributed by atoms with Gasteiger partial charge in [-0.2, -0.15) is 13.2 Å². The number of aromatic nitrogens is 2. The van der Waals surface area contributed by atoms with E-state index >= 15 is 0 Å². The van der Waals surface area contributed by atoms with Crippen LogP contribution in [-0.4, -0.2) is 9.97 Å². The van der Waals surface area contributed by atoms with Crippen LogP contribution in [0.3, 0.4) is 0 Å². The van der Waals surface area contributed by atoms with E-state index in [9.17, 15) is 13.2 Å². The van der Waals surface area contributed by atoms with Crippen molar-refractivity contribution in [3.63, 3.8) is 0 Å². The maximum atomic E-state index is 12.5. The van der Waals surface area contributed by atoms with Gasteiger partial charge in [0.2, 0.25) is 0 Å². The molecular formula is C12H11F3N4. The van der Waals surface area contributed by atoms with E-state index in [1.54, 1.807) is 24.5 Å². The molecule has 0 spiro atoms. The molecule has 0 aliphatic rings. The monoisotopic (exact) mass is 268 g/mol. The third-order valence-electron chi connectivity index (χ3n) is 2.48. The number of nitrogen functional groups attached to an aromatic ring is 1. The molecule has 0 aliphatic heterocycles. The maximum Gasteiger partial charge on any atom is 0.417 e. The summed E-state index contributed by atoms with van der Waals surface area (Å²) in [6.07, 6.45) is -0.518. The summed E-state index contributed by atoms with van der Waals surface area (Å²) in [5.41, 5.74) is 5.75. The first-order valence-electron chi connectivity index (χ1n) is 5.42. The van der Waals surface area contributed by atoms with E-state index in [0.29, 0.717) is 12.7 Å². The molecule has 19 heavy (non-hydrogen) atoms. The molecule has 2 aromatic rings. The number of alkyl halides is 3. The van der Waals surface area contributed by atoms with Crippen LogP contribution in [0.25, 0.3) is 0 Å². The van der Waals surface area contributed by atoms with Gasteiger partial charge in [-0.1, -0.05) is 0 Å². The topological polar surface area (TPSA) is 63.8 Å². The maximum absolute atomic E-state index is 12.5. The van der Waals surface area contributed by atoms with Crippen molar-refractivity contribution in [2.24, 2.45) is 0 Å². The Kier molecular flexibility index (Phi) is 3.55. The number of halogens is 3. The van der Waals surface area contributed by atoms with Crippen LogP contribution in [0.5, 0.6) is 0 Å². The van der Waals surface area contributed by atoms with Gasteiger partial charge in [-0.25, -0.2) is 4.98 Å². The van der Waals surface area contributed by atoms with Crippen LogP contribution in [0.1, 0.15) is 11.1 Å². The number of nitrogens with zero attached hydrogens (tertiary/aromatic N) is 2. The summed E-state index contributed by atoms with van der Waals surface area (Å²) < 4.78 is 37.6. The molecule has 0 saturated carbocycles. The third-order valence-corrected chi connectivity index (χ3v) is 2.48. The second-order valence-corrected chi connectivity index (χ2v) is 3.86. The lowest BCUT2D eigenvalue weighted by Crippen LogP contribution is -2.10. The summed E-state index contributed by atoms with van der Waals surface area (Å²) in [5.74, 6) is 0.0297. The van der Waals surface area contributed by atoms with Gasteiger partial charge in [0.1, 0.15) is 5.82 Å². The second-order valence-electron chi connectivity index (χ2n) is 3.86. The Morgan fingerprint density at radius 1 is 1.21 bits per heavy atom.